The van der Waals surface area contributed by atoms with Crippen molar-refractivity contribution in [2.45, 2.75) is 38.7 Å². The summed E-state index contributed by atoms with van der Waals surface area (Å²) in [5.74, 6) is -1.20. The van der Waals surface area contributed by atoms with Crippen molar-refractivity contribution in [2.75, 3.05) is 13.1 Å². The number of carbonyl (C=O) groups excluding carboxylic acids is 1. The largest absolute Gasteiger partial charge is 0.482 e. The Morgan fingerprint density at radius 1 is 1.12 bits per heavy atom. The molecule has 180 valence electrons. The summed E-state index contributed by atoms with van der Waals surface area (Å²) in [6.07, 6.45) is 3.15. The van der Waals surface area contributed by atoms with Crippen LogP contribution >= 0.6 is 35.0 Å². The van der Waals surface area contributed by atoms with E-state index in [0.717, 1.165) is 42.0 Å². The number of hydrogen-bond acceptors (Lipinski definition) is 4. The summed E-state index contributed by atoms with van der Waals surface area (Å²) in [4.78, 5) is 13.4. The van der Waals surface area contributed by atoms with Crippen LogP contribution in [0.4, 0.5) is 8.78 Å². The number of hydrogen-bond donors (Lipinski definition) is 1. The van der Waals surface area contributed by atoms with Crippen LogP contribution in [-0.4, -0.2) is 33.8 Å². The average Bonchev–Trinajstić information content (AvgIpc) is 3.16. The number of ether oxygens (including phenoxy) is 1. The molecule has 1 N–H and O–H groups in total. The number of rotatable bonds is 3. The van der Waals surface area contributed by atoms with E-state index in [4.69, 9.17) is 4.74 Å². The van der Waals surface area contributed by atoms with Gasteiger partial charge in [-0.25, -0.2) is 18.5 Å². The van der Waals surface area contributed by atoms with Gasteiger partial charge in [0.1, 0.15) is 22.9 Å². The fourth-order valence-electron chi connectivity index (χ4n) is 4.53. The fourth-order valence-corrected chi connectivity index (χ4v) is 4.99. The van der Waals surface area contributed by atoms with Gasteiger partial charge in [0.2, 0.25) is 0 Å². The van der Waals surface area contributed by atoms with E-state index in [0.29, 0.717) is 22.6 Å². The van der Waals surface area contributed by atoms with Crippen LogP contribution in [0, 0.1) is 15.2 Å². The van der Waals surface area contributed by atoms with E-state index in [1.807, 2.05) is 37.1 Å². The van der Waals surface area contributed by atoms with Crippen LogP contribution in [0.15, 0.2) is 36.4 Å². The van der Waals surface area contributed by atoms with Crippen molar-refractivity contribution in [3.8, 4) is 22.7 Å². The number of nitrogens with zero attached hydrogens (tertiary/aromatic N) is 3. The Hall–Kier alpha value is -2.24. The molecule has 2 aromatic carbocycles. The minimum Gasteiger partial charge on any atom is -0.482 e. The second kappa shape index (κ2) is 9.43. The molecule has 3 heterocycles. The first-order valence-corrected chi connectivity index (χ1v) is 12.0. The Labute approximate surface area is 216 Å². The highest BCUT2D eigenvalue weighted by Gasteiger charge is 2.41. The van der Waals surface area contributed by atoms with Crippen LogP contribution in [0.3, 0.4) is 0 Å². The first-order valence-electron chi connectivity index (χ1n) is 10.9. The molecule has 2 aliphatic heterocycles. The number of nitrogens with one attached hydrogen (secondary N) is 1. The summed E-state index contributed by atoms with van der Waals surface area (Å²) in [7, 11) is 0. The highest BCUT2D eigenvalue weighted by molar-refractivity contribution is 14.1. The molecule has 0 spiro atoms. The molecule has 0 unspecified atom stereocenters. The van der Waals surface area contributed by atoms with Crippen molar-refractivity contribution in [2.24, 2.45) is 0 Å². The smallest absolute Gasteiger partial charge is 0.286 e. The number of hydrazine groups is 1. The second-order valence-electron chi connectivity index (χ2n) is 8.82. The van der Waals surface area contributed by atoms with Crippen LogP contribution in [-0.2, 0) is 5.60 Å². The molecule has 1 fully saturated rings. The molecular weight excluding hydrogens is 577 g/mol. The first-order chi connectivity index (χ1) is 15.7. The predicted octanol–water partition coefficient (Wildman–Crippen LogP) is 5.60. The van der Waals surface area contributed by atoms with Gasteiger partial charge in [-0.2, -0.15) is 5.10 Å². The van der Waals surface area contributed by atoms with E-state index in [9.17, 15) is 13.6 Å². The van der Waals surface area contributed by atoms with E-state index in [2.05, 4.69) is 33.1 Å². The predicted molar refractivity (Wildman–Crippen MR) is 135 cm³/mol. The zero-order valence-electron chi connectivity index (χ0n) is 18.7. The maximum absolute atomic E-state index is 14.9. The summed E-state index contributed by atoms with van der Waals surface area (Å²) in [5, 5.41) is 6.46. The number of carbonyl (C=O) groups is 1. The van der Waals surface area contributed by atoms with Crippen molar-refractivity contribution in [1.82, 2.24) is 20.2 Å². The Morgan fingerprint density at radius 2 is 1.85 bits per heavy atom. The molecule has 1 amide bonds. The average molecular weight is 601 g/mol. The summed E-state index contributed by atoms with van der Waals surface area (Å²) in [6.45, 7) is 5.25. The molecule has 3 aromatic rings. The quantitative estimate of drug-likeness (QED) is 0.398. The van der Waals surface area contributed by atoms with E-state index in [1.54, 1.807) is 0 Å². The van der Waals surface area contributed by atoms with Gasteiger partial charge in [-0.15, -0.1) is 12.4 Å². The third-order valence-corrected chi connectivity index (χ3v) is 6.69. The Balaban J connectivity index is 0.00000274. The number of halogens is 4. The lowest BCUT2D eigenvalue weighted by atomic mass is 9.89. The Morgan fingerprint density at radius 3 is 2.56 bits per heavy atom. The SMILES string of the molecule is CC1(C)Oc2cc(I)ccc2-c2c1c(C(=O)NN1CCCCC1)nn2-c1ccc(F)cc1F.Cl. The Kier molecular flexibility index (Phi) is 6.90. The number of fused-ring (bicyclic) bond motifs is 3. The van der Waals surface area contributed by atoms with Crippen LogP contribution in [0.5, 0.6) is 5.75 Å². The standard InChI is InChI=1S/C24H23F2IN4O2.ClH/c1-24(2)20-21(23(32)29-30-10-4-3-5-11-30)28-31(18-9-6-14(25)12-17(18)26)22(20)16-8-7-15(27)13-19(16)33-24;/h6-9,12-13H,3-5,10-11H2,1-2H3,(H,29,32);1H. The van der Waals surface area contributed by atoms with Crippen LogP contribution < -0.4 is 10.2 Å². The van der Waals surface area contributed by atoms with Crippen LogP contribution in [0.25, 0.3) is 16.9 Å². The van der Waals surface area contributed by atoms with E-state index in [-0.39, 0.29) is 29.7 Å². The summed E-state index contributed by atoms with van der Waals surface area (Å²) < 4.78 is 37.2. The molecule has 0 bridgehead atoms. The first kappa shape index (κ1) is 24.9. The summed E-state index contributed by atoms with van der Waals surface area (Å²) >= 11 is 2.20. The van der Waals surface area contributed by atoms with Crippen molar-refractivity contribution < 1.29 is 18.3 Å². The van der Waals surface area contributed by atoms with Crippen molar-refractivity contribution in [1.29, 1.82) is 0 Å². The van der Waals surface area contributed by atoms with E-state index < -0.39 is 17.2 Å². The molecule has 34 heavy (non-hydrogen) atoms. The molecule has 0 atom stereocenters. The number of aromatic nitrogens is 2. The molecule has 0 aliphatic carbocycles. The van der Waals surface area contributed by atoms with Gasteiger partial charge in [-0.3, -0.25) is 10.2 Å². The van der Waals surface area contributed by atoms with Gasteiger partial charge in [-0.1, -0.05) is 6.42 Å². The number of amides is 1. The number of piperidine rings is 1. The van der Waals surface area contributed by atoms with Gasteiger partial charge < -0.3 is 4.74 Å². The molecule has 0 radical (unpaired) electrons. The zero-order chi connectivity index (χ0) is 23.3. The summed E-state index contributed by atoms with van der Waals surface area (Å²) in [5.41, 5.74) is 4.09. The minimum atomic E-state index is -0.907. The van der Waals surface area contributed by atoms with Crippen LogP contribution in [0.2, 0.25) is 0 Å². The molecule has 1 aromatic heterocycles. The normalized spacial score (nSPS) is 16.6. The lowest BCUT2D eigenvalue weighted by molar-refractivity contribution is 0.0720. The van der Waals surface area contributed by atoms with Gasteiger partial charge >= 0.3 is 0 Å². The monoisotopic (exact) mass is 600 g/mol. The molecular formula is C24H24ClF2IN4O2. The fraction of sp³-hybridized carbons (Fsp3) is 0.333. The molecule has 5 rings (SSSR count). The molecule has 0 saturated carbocycles. The third kappa shape index (κ3) is 4.40. The van der Waals surface area contributed by atoms with Crippen molar-refractivity contribution in [3.05, 3.63) is 62.9 Å². The minimum absolute atomic E-state index is 0. The topological polar surface area (TPSA) is 59.4 Å². The third-order valence-electron chi connectivity index (χ3n) is 6.02. The van der Waals surface area contributed by atoms with Gasteiger partial charge in [0.15, 0.2) is 11.5 Å². The molecule has 6 nitrogen and oxygen atoms in total. The number of benzene rings is 2. The highest BCUT2D eigenvalue weighted by Crippen LogP contribution is 2.48. The van der Waals surface area contributed by atoms with Gasteiger partial charge in [0, 0.05) is 28.3 Å². The molecule has 1 saturated heterocycles. The van der Waals surface area contributed by atoms with Crippen molar-refractivity contribution >= 4 is 40.9 Å². The second-order valence-corrected chi connectivity index (χ2v) is 10.1. The van der Waals surface area contributed by atoms with Gasteiger partial charge in [-0.05, 0) is 79.6 Å². The lowest BCUT2D eigenvalue weighted by Gasteiger charge is -2.34. The zero-order valence-corrected chi connectivity index (χ0v) is 21.7. The lowest BCUT2D eigenvalue weighted by Crippen LogP contribution is -2.46. The van der Waals surface area contributed by atoms with E-state index in [1.165, 1.54) is 16.8 Å². The van der Waals surface area contributed by atoms with Crippen molar-refractivity contribution in [3.63, 3.8) is 0 Å². The molecule has 2 aliphatic rings. The maximum atomic E-state index is 14.9. The highest BCUT2D eigenvalue weighted by atomic mass is 127. The van der Waals surface area contributed by atoms with Gasteiger partial charge in [0.05, 0.1) is 11.3 Å². The van der Waals surface area contributed by atoms with Gasteiger partial charge in [0.25, 0.3) is 5.91 Å². The van der Waals surface area contributed by atoms with Crippen LogP contribution in [0.1, 0.15) is 49.2 Å². The summed E-state index contributed by atoms with van der Waals surface area (Å²) in [6, 6.07) is 9.01. The maximum Gasteiger partial charge on any atom is 0.286 e. The molecule has 10 heteroatoms. The Bertz CT molecular complexity index is 1260. The van der Waals surface area contributed by atoms with E-state index >= 15 is 0 Å².